The normalized spacial score (nSPS) is 12.1. The SMILES string of the molecule is CCOC(=O)C(Br)[Te]c1ccccc1. The number of carbonyl (C=O) groups is 1. The molecule has 0 aliphatic heterocycles. The Morgan fingerprint density at radius 2 is 2.14 bits per heavy atom. The molecule has 1 atom stereocenters. The third-order valence-corrected chi connectivity index (χ3v) is 5.78. The van der Waals surface area contributed by atoms with E-state index < -0.39 is 20.9 Å². The summed E-state index contributed by atoms with van der Waals surface area (Å²) < 4.78 is 6.06. The number of carbonyl (C=O) groups excluding carboxylic acids is 1. The van der Waals surface area contributed by atoms with Gasteiger partial charge in [0.05, 0.1) is 0 Å². The van der Waals surface area contributed by atoms with Gasteiger partial charge in [-0.1, -0.05) is 0 Å². The van der Waals surface area contributed by atoms with Crippen molar-refractivity contribution in [2.75, 3.05) is 6.61 Å². The Morgan fingerprint density at radius 1 is 1.50 bits per heavy atom. The molecule has 0 N–H and O–H groups in total. The fourth-order valence-electron chi connectivity index (χ4n) is 0.874. The maximum atomic E-state index is 11.3. The number of esters is 1. The summed E-state index contributed by atoms with van der Waals surface area (Å²) >= 11 is 2.83. The van der Waals surface area contributed by atoms with Crippen molar-refractivity contribution in [3.05, 3.63) is 30.3 Å². The molecule has 1 unspecified atom stereocenters. The second kappa shape index (κ2) is 6.44. The number of halogens is 1. The molecule has 0 heterocycles. The molecule has 76 valence electrons. The van der Waals surface area contributed by atoms with Crippen molar-refractivity contribution in [3.63, 3.8) is 0 Å². The average Bonchev–Trinajstić information content (AvgIpc) is 2.19. The Kier molecular flexibility index (Phi) is 5.54. The molecule has 4 heteroatoms. The van der Waals surface area contributed by atoms with Crippen LogP contribution >= 0.6 is 15.9 Å². The van der Waals surface area contributed by atoms with Crippen LogP contribution in [0.1, 0.15) is 6.92 Å². The molecule has 2 nitrogen and oxygen atoms in total. The first-order valence-electron chi connectivity index (χ1n) is 4.26. The van der Waals surface area contributed by atoms with Crippen molar-refractivity contribution in [2.24, 2.45) is 0 Å². The van der Waals surface area contributed by atoms with E-state index >= 15 is 0 Å². The van der Waals surface area contributed by atoms with Crippen LogP contribution in [0.5, 0.6) is 0 Å². The predicted molar refractivity (Wildman–Crippen MR) is 61.2 cm³/mol. The number of hydrogen-bond donors (Lipinski definition) is 0. The molecule has 1 aromatic rings. The van der Waals surface area contributed by atoms with Gasteiger partial charge in [-0.25, -0.2) is 0 Å². The minimum absolute atomic E-state index is 0.116. The molecule has 0 saturated heterocycles. The molecule has 0 spiro atoms. The zero-order chi connectivity index (χ0) is 10.4. The van der Waals surface area contributed by atoms with Crippen LogP contribution in [-0.2, 0) is 9.53 Å². The van der Waals surface area contributed by atoms with E-state index in [2.05, 4.69) is 28.1 Å². The van der Waals surface area contributed by atoms with Crippen molar-refractivity contribution in [1.29, 1.82) is 0 Å². The van der Waals surface area contributed by atoms with Gasteiger partial charge in [0.2, 0.25) is 0 Å². The molecular formula is C10H11BrO2Te. The van der Waals surface area contributed by atoms with Gasteiger partial charge in [0.15, 0.2) is 0 Å². The van der Waals surface area contributed by atoms with E-state index in [9.17, 15) is 4.79 Å². The van der Waals surface area contributed by atoms with Gasteiger partial charge in [-0.2, -0.15) is 0 Å². The Balaban J connectivity index is 2.49. The number of ether oxygens (including phenoxy) is 1. The van der Waals surface area contributed by atoms with Crippen LogP contribution in [0.25, 0.3) is 0 Å². The molecule has 0 saturated carbocycles. The number of hydrogen-bond acceptors (Lipinski definition) is 2. The summed E-state index contributed by atoms with van der Waals surface area (Å²) in [4.78, 5) is 11.3. The second-order valence-electron chi connectivity index (χ2n) is 2.50. The molecule has 0 aliphatic carbocycles. The summed E-state index contributed by atoms with van der Waals surface area (Å²) in [5.74, 6) is -0.140. The maximum absolute atomic E-state index is 11.3. The Morgan fingerprint density at radius 3 is 2.71 bits per heavy atom. The van der Waals surface area contributed by atoms with Crippen LogP contribution in [-0.4, -0.2) is 36.4 Å². The van der Waals surface area contributed by atoms with E-state index in [4.69, 9.17) is 4.74 Å². The molecule has 14 heavy (non-hydrogen) atoms. The van der Waals surface area contributed by atoms with Gasteiger partial charge in [0.25, 0.3) is 0 Å². The van der Waals surface area contributed by atoms with Gasteiger partial charge in [-0.15, -0.1) is 0 Å². The van der Waals surface area contributed by atoms with E-state index in [1.165, 1.54) is 3.61 Å². The van der Waals surface area contributed by atoms with Crippen LogP contribution in [0.3, 0.4) is 0 Å². The molecule has 0 bridgehead atoms. The van der Waals surface area contributed by atoms with Crippen molar-refractivity contribution in [3.8, 4) is 0 Å². The van der Waals surface area contributed by atoms with Gasteiger partial charge in [0.1, 0.15) is 0 Å². The van der Waals surface area contributed by atoms with Gasteiger partial charge in [0, 0.05) is 0 Å². The van der Waals surface area contributed by atoms with E-state index in [-0.39, 0.29) is 8.84 Å². The molecule has 1 aromatic carbocycles. The minimum atomic E-state index is -0.531. The van der Waals surface area contributed by atoms with Crippen molar-refractivity contribution >= 4 is 46.4 Å². The summed E-state index contributed by atoms with van der Waals surface area (Å²) in [5.41, 5.74) is 0. The summed E-state index contributed by atoms with van der Waals surface area (Å²) in [7, 11) is 0. The quantitative estimate of drug-likeness (QED) is 0.454. The fourth-order valence-corrected chi connectivity index (χ4v) is 4.50. The van der Waals surface area contributed by atoms with Gasteiger partial charge in [-0.05, 0) is 0 Å². The van der Waals surface area contributed by atoms with Crippen LogP contribution in [0.4, 0.5) is 0 Å². The summed E-state index contributed by atoms with van der Waals surface area (Å²) in [6, 6.07) is 10.1. The van der Waals surface area contributed by atoms with Gasteiger partial charge < -0.3 is 0 Å². The Bertz CT molecular complexity index is 289. The molecule has 1 rings (SSSR count). The molecule has 0 amide bonds. The first-order valence-corrected chi connectivity index (χ1v) is 7.69. The third kappa shape index (κ3) is 4.00. The van der Waals surface area contributed by atoms with Crippen LogP contribution < -0.4 is 3.61 Å². The summed E-state index contributed by atoms with van der Waals surface area (Å²) in [6.07, 6.45) is 0. The summed E-state index contributed by atoms with van der Waals surface area (Å²) in [5, 5.41) is 0. The van der Waals surface area contributed by atoms with E-state index in [0.717, 1.165) is 0 Å². The molecule has 0 aliphatic rings. The number of benzene rings is 1. The number of alkyl halides is 1. The fraction of sp³-hybridized carbons (Fsp3) is 0.300. The monoisotopic (exact) mass is 372 g/mol. The average molecular weight is 371 g/mol. The first kappa shape index (κ1) is 12.0. The topological polar surface area (TPSA) is 26.3 Å². The van der Waals surface area contributed by atoms with Crippen LogP contribution in [0, 0.1) is 0 Å². The second-order valence-corrected chi connectivity index (χ2v) is 8.66. The zero-order valence-electron chi connectivity index (χ0n) is 7.77. The molecule has 0 aromatic heterocycles. The van der Waals surface area contributed by atoms with E-state index in [0.29, 0.717) is 6.61 Å². The van der Waals surface area contributed by atoms with Gasteiger partial charge in [-0.3, -0.25) is 0 Å². The van der Waals surface area contributed by atoms with E-state index in [1.807, 2.05) is 25.1 Å². The molecular weight excluding hydrogens is 360 g/mol. The van der Waals surface area contributed by atoms with Crippen molar-refractivity contribution < 1.29 is 9.53 Å². The standard InChI is InChI=1S/C10H11BrO2Te/c1-2-13-10(12)9(11)14-8-6-4-3-5-7-8/h3-7,9H,2H2,1H3. The Labute approximate surface area is 102 Å². The Hall–Kier alpha value is -0.0404. The summed E-state index contributed by atoms with van der Waals surface area (Å²) in [6.45, 7) is 2.27. The first-order chi connectivity index (χ1) is 6.74. The third-order valence-electron chi connectivity index (χ3n) is 1.45. The van der Waals surface area contributed by atoms with Crippen LogP contribution in [0.15, 0.2) is 30.3 Å². The molecule has 0 fully saturated rings. The van der Waals surface area contributed by atoms with Gasteiger partial charge >= 0.3 is 103 Å². The van der Waals surface area contributed by atoms with E-state index in [1.54, 1.807) is 0 Å². The van der Waals surface area contributed by atoms with Crippen LogP contribution in [0.2, 0.25) is 0 Å². The molecule has 0 radical (unpaired) electrons. The predicted octanol–water partition coefficient (Wildman–Crippen LogP) is 1.30. The van der Waals surface area contributed by atoms with Crippen molar-refractivity contribution in [1.82, 2.24) is 0 Å². The van der Waals surface area contributed by atoms with Crippen molar-refractivity contribution in [2.45, 2.75) is 9.80 Å². The number of rotatable bonds is 4. The zero-order valence-corrected chi connectivity index (χ0v) is 11.7.